The fourth-order valence-corrected chi connectivity index (χ4v) is 2.83. The molecular weight excluding hydrogens is 290 g/mol. The summed E-state index contributed by atoms with van der Waals surface area (Å²) < 4.78 is 3.03. The van der Waals surface area contributed by atoms with Crippen LogP contribution in [0.5, 0.6) is 0 Å². The van der Waals surface area contributed by atoms with Crippen molar-refractivity contribution < 1.29 is 0 Å². The largest absolute Gasteiger partial charge is 0.316 e. The van der Waals surface area contributed by atoms with E-state index in [1.807, 2.05) is 23.0 Å². The monoisotopic (exact) mass is 305 g/mol. The van der Waals surface area contributed by atoms with Crippen molar-refractivity contribution in [1.82, 2.24) is 15.1 Å². The molecule has 1 saturated heterocycles. The summed E-state index contributed by atoms with van der Waals surface area (Å²) in [4.78, 5) is 0. The van der Waals surface area contributed by atoms with Gasteiger partial charge in [-0.15, -0.1) is 0 Å². The van der Waals surface area contributed by atoms with Crippen LogP contribution in [0.25, 0.3) is 5.69 Å². The van der Waals surface area contributed by atoms with Crippen LogP contribution in [0.4, 0.5) is 0 Å². The Hall–Kier alpha value is -1.13. The molecule has 18 heavy (non-hydrogen) atoms. The van der Waals surface area contributed by atoms with Gasteiger partial charge in [0.05, 0.1) is 11.9 Å². The van der Waals surface area contributed by atoms with Gasteiger partial charge in [-0.1, -0.05) is 22.0 Å². The first kappa shape index (κ1) is 11.9. The van der Waals surface area contributed by atoms with Crippen molar-refractivity contribution in [3.05, 3.63) is 46.7 Å². The third kappa shape index (κ3) is 2.65. The Morgan fingerprint density at radius 1 is 1.44 bits per heavy atom. The average molecular weight is 306 g/mol. The molecule has 0 radical (unpaired) electrons. The molecule has 1 aromatic carbocycles. The molecule has 3 nitrogen and oxygen atoms in total. The standard InChI is InChI=1S/C14H16BrN3/c15-13-2-1-3-14(7-13)18-10-12(9-17-18)6-11-4-5-16-8-11/h1-3,7,9-11,16H,4-6,8H2. The van der Waals surface area contributed by atoms with E-state index in [1.165, 1.54) is 12.0 Å². The highest BCUT2D eigenvalue weighted by molar-refractivity contribution is 9.10. The molecule has 0 spiro atoms. The van der Waals surface area contributed by atoms with E-state index in [0.29, 0.717) is 0 Å². The van der Waals surface area contributed by atoms with E-state index in [1.54, 1.807) is 0 Å². The summed E-state index contributed by atoms with van der Waals surface area (Å²) in [6.45, 7) is 2.30. The van der Waals surface area contributed by atoms with Crippen LogP contribution in [-0.4, -0.2) is 22.9 Å². The first-order valence-electron chi connectivity index (χ1n) is 6.31. The lowest BCUT2D eigenvalue weighted by Crippen LogP contribution is -2.10. The van der Waals surface area contributed by atoms with E-state index < -0.39 is 0 Å². The zero-order valence-electron chi connectivity index (χ0n) is 10.1. The van der Waals surface area contributed by atoms with Gasteiger partial charge in [-0.2, -0.15) is 5.10 Å². The molecule has 1 atom stereocenters. The third-order valence-corrected chi connectivity index (χ3v) is 3.89. The highest BCUT2D eigenvalue weighted by atomic mass is 79.9. The summed E-state index contributed by atoms with van der Waals surface area (Å²) >= 11 is 3.49. The van der Waals surface area contributed by atoms with Crippen LogP contribution in [0.15, 0.2) is 41.1 Å². The molecule has 0 amide bonds. The molecule has 1 aromatic heterocycles. The maximum Gasteiger partial charge on any atom is 0.0656 e. The molecule has 1 N–H and O–H groups in total. The first-order chi connectivity index (χ1) is 8.81. The van der Waals surface area contributed by atoms with Crippen molar-refractivity contribution in [3.63, 3.8) is 0 Å². The van der Waals surface area contributed by atoms with Crippen molar-refractivity contribution in [2.75, 3.05) is 13.1 Å². The molecule has 2 heterocycles. The van der Waals surface area contributed by atoms with Crippen molar-refractivity contribution >= 4 is 15.9 Å². The lowest BCUT2D eigenvalue weighted by atomic mass is 10.0. The van der Waals surface area contributed by atoms with Gasteiger partial charge in [0.1, 0.15) is 0 Å². The number of rotatable bonds is 3. The molecule has 4 heteroatoms. The van der Waals surface area contributed by atoms with Gasteiger partial charge < -0.3 is 5.32 Å². The summed E-state index contributed by atoms with van der Waals surface area (Å²) in [6, 6.07) is 8.20. The van der Waals surface area contributed by atoms with Gasteiger partial charge in [0.15, 0.2) is 0 Å². The maximum atomic E-state index is 4.45. The van der Waals surface area contributed by atoms with Gasteiger partial charge in [-0.25, -0.2) is 4.68 Å². The number of benzene rings is 1. The first-order valence-corrected chi connectivity index (χ1v) is 7.11. The van der Waals surface area contributed by atoms with E-state index in [0.717, 1.165) is 35.6 Å². The Labute approximate surface area is 115 Å². The second kappa shape index (κ2) is 5.24. The van der Waals surface area contributed by atoms with E-state index in [2.05, 4.69) is 44.7 Å². The molecule has 1 unspecified atom stereocenters. The number of nitrogens with zero attached hydrogens (tertiary/aromatic N) is 2. The Morgan fingerprint density at radius 2 is 2.39 bits per heavy atom. The van der Waals surface area contributed by atoms with Crippen molar-refractivity contribution in [2.45, 2.75) is 12.8 Å². The fourth-order valence-electron chi connectivity index (χ4n) is 2.45. The summed E-state index contributed by atoms with van der Waals surface area (Å²) in [6.07, 6.45) is 6.53. The minimum absolute atomic E-state index is 0.769. The smallest absolute Gasteiger partial charge is 0.0656 e. The number of nitrogens with one attached hydrogen (secondary N) is 1. The molecule has 0 saturated carbocycles. The molecule has 1 aliphatic rings. The Kier molecular flexibility index (Phi) is 3.48. The summed E-state index contributed by atoms with van der Waals surface area (Å²) in [5, 5.41) is 7.85. The topological polar surface area (TPSA) is 29.9 Å². The van der Waals surface area contributed by atoms with Crippen LogP contribution in [0.2, 0.25) is 0 Å². The molecule has 1 fully saturated rings. The van der Waals surface area contributed by atoms with E-state index >= 15 is 0 Å². The average Bonchev–Trinajstić information content (AvgIpc) is 3.01. The SMILES string of the molecule is Brc1cccc(-n2cc(CC3CCNC3)cn2)c1. The van der Waals surface area contributed by atoms with Crippen LogP contribution >= 0.6 is 15.9 Å². The third-order valence-electron chi connectivity index (χ3n) is 3.40. The lowest BCUT2D eigenvalue weighted by molar-refractivity contribution is 0.580. The van der Waals surface area contributed by atoms with Crippen LogP contribution in [0, 0.1) is 5.92 Å². The van der Waals surface area contributed by atoms with E-state index in [4.69, 9.17) is 0 Å². The summed E-state index contributed by atoms with van der Waals surface area (Å²) in [5.41, 5.74) is 2.42. The van der Waals surface area contributed by atoms with E-state index in [-0.39, 0.29) is 0 Å². The highest BCUT2D eigenvalue weighted by Gasteiger charge is 2.15. The minimum Gasteiger partial charge on any atom is -0.316 e. The van der Waals surface area contributed by atoms with Crippen molar-refractivity contribution in [2.24, 2.45) is 5.92 Å². The van der Waals surface area contributed by atoms with Gasteiger partial charge in [-0.05, 0) is 55.6 Å². The fraction of sp³-hybridized carbons (Fsp3) is 0.357. The summed E-state index contributed by atoms with van der Waals surface area (Å²) in [5.74, 6) is 0.769. The van der Waals surface area contributed by atoms with Crippen LogP contribution in [0.3, 0.4) is 0 Å². The van der Waals surface area contributed by atoms with Gasteiger partial charge in [0.25, 0.3) is 0 Å². The molecule has 1 aliphatic heterocycles. The normalized spacial score (nSPS) is 19.3. The van der Waals surface area contributed by atoms with E-state index in [9.17, 15) is 0 Å². The molecule has 3 rings (SSSR count). The number of hydrogen-bond acceptors (Lipinski definition) is 2. The number of hydrogen-bond donors (Lipinski definition) is 1. The molecule has 0 aliphatic carbocycles. The van der Waals surface area contributed by atoms with Gasteiger partial charge in [-0.3, -0.25) is 0 Å². The minimum atomic E-state index is 0.769. The lowest BCUT2D eigenvalue weighted by Gasteiger charge is -2.05. The van der Waals surface area contributed by atoms with Gasteiger partial charge in [0.2, 0.25) is 0 Å². The molecular formula is C14H16BrN3. The van der Waals surface area contributed by atoms with Crippen molar-refractivity contribution in [3.8, 4) is 5.69 Å². The predicted octanol–water partition coefficient (Wildman–Crippen LogP) is 2.79. The summed E-state index contributed by atoms with van der Waals surface area (Å²) in [7, 11) is 0. The highest BCUT2D eigenvalue weighted by Crippen LogP contribution is 2.18. The number of aromatic nitrogens is 2. The van der Waals surface area contributed by atoms with Crippen LogP contribution in [-0.2, 0) is 6.42 Å². The Morgan fingerprint density at radius 3 is 3.17 bits per heavy atom. The number of halogens is 1. The zero-order chi connectivity index (χ0) is 12.4. The zero-order valence-corrected chi connectivity index (χ0v) is 11.7. The molecule has 0 bridgehead atoms. The Bertz CT molecular complexity index is 529. The molecule has 94 valence electrons. The second-order valence-corrected chi connectivity index (χ2v) is 5.75. The Balaban J connectivity index is 1.76. The van der Waals surface area contributed by atoms with Crippen LogP contribution < -0.4 is 5.32 Å². The maximum absolute atomic E-state index is 4.45. The van der Waals surface area contributed by atoms with Crippen molar-refractivity contribution in [1.29, 1.82) is 0 Å². The molecule has 2 aromatic rings. The quantitative estimate of drug-likeness (QED) is 0.945. The van der Waals surface area contributed by atoms with Gasteiger partial charge in [0, 0.05) is 10.7 Å². The van der Waals surface area contributed by atoms with Crippen LogP contribution in [0.1, 0.15) is 12.0 Å². The second-order valence-electron chi connectivity index (χ2n) is 4.84. The van der Waals surface area contributed by atoms with Gasteiger partial charge >= 0.3 is 0 Å². The predicted molar refractivity (Wildman–Crippen MR) is 75.9 cm³/mol.